The number of rotatable bonds is 4. The molecule has 2 aromatic heterocycles. The molecule has 3 heterocycles. The molecule has 4 aromatic rings. The molecule has 0 bridgehead atoms. The highest BCUT2D eigenvalue weighted by Gasteiger charge is 2.25. The lowest BCUT2D eigenvalue weighted by atomic mass is 9.97. The molecule has 0 amide bonds. The fourth-order valence-corrected chi connectivity index (χ4v) is 4.07. The number of fused-ring (bicyclic) bond motifs is 1. The second kappa shape index (κ2) is 7.57. The number of benzene rings is 2. The first-order valence-electron chi connectivity index (χ1n) is 9.97. The number of aromatic amines is 1. The maximum absolute atomic E-state index is 5.97. The van der Waals surface area contributed by atoms with Crippen molar-refractivity contribution in [2.24, 2.45) is 0 Å². The number of para-hydroxylation sites is 2. The molecule has 148 valence electrons. The lowest BCUT2D eigenvalue weighted by molar-refractivity contribution is 0.153. The van der Waals surface area contributed by atoms with E-state index in [0.717, 1.165) is 61.0 Å². The first kappa shape index (κ1) is 18.3. The summed E-state index contributed by atoms with van der Waals surface area (Å²) in [4.78, 5) is 11.6. The predicted molar refractivity (Wildman–Crippen MR) is 115 cm³/mol. The standard InChI is InChI=1S/C22H23N5OS/c1-15-6-8-16(9-7-15)20-24-22(29)27(25-20)14-26-12-10-17(11-13-26)21-23-18-4-2-3-5-19(18)28-21/h2-9,17H,10-14H2,1H3,(H,24,25,29). The summed E-state index contributed by atoms with van der Waals surface area (Å²) in [5.74, 6) is 2.05. The Labute approximate surface area is 174 Å². The van der Waals surface area contributed by atoms with Crippen molar-refractivity contribution in [1.29, 1.82) is 0 Å². The van der Waals surface area contributed by atoms with E-state index in [0.29, 0.717) is 10.7 Å². The van der Waals surface area contributed by atoms with Gasteiger partial charge in [0.15, 0.2) is 17.3 Å². The molecule has 6 nitrogen and oxygen atoms in total. The highest BCUT2D eigenvalue weighted by molar-refractivity contribution is 7.71. The number of nitrogens with one attached hydrogen (secondary N) is 1. The number of aromatic nitrogens is 4. The topological polar surface area (TPSA) is 62.9 Å². The highest BCUT2D eigenvalue weighted by Crippen LogP contribution is 2.30. The van der Waals surface area contributed by atoms with Crippen LogP contribution in [0.4, 0.5) is 0 Å². The van der Waals surface area contributed by atoms with Crippen LogP contribution in [0.2, 0.25) is 0 Å². The van der Waals surface area contributed by atoms with Crippen molar-refractivity contribution in [3.8, 4) is 11.4 Å². The summed E-state index contributed by atoms with van der Waals surface area (Å²) < 4.78 is 8.51. The van der Waals surface area contributed by atoms with Crippen LogP contribution in [0.25, 0.3) is 22.5 Å². The molecular formula is C22H23N5OS. The molecule has 1 aliphatic heterocycles. The lowest BCUT2D eigenvalue weighted by Crippen LogP contribution is -2.35. The Balaban J connectivity index is 1.25. The van der Waals surface area contributed by atoms with E-state index < -0.39 is 0 Å². The molecule has 0 spiro atoms. The summed E-state index contributed by atoms with van der Waals surface area (Å²) >= 11 is 5.47. The van der Waals surface area contributed by atoms with E-state index >= 15 is 0 Å². The third-order valence-electron chi connectivity index (χ3n) is 5.59. The quantitative estimate of drug-likeness (QED) is 0.490. The van der Waals surface area contributed by atoms with Crippen molar-refractivity contribution in [3.63, 3.8) is 0 Å². The van der Waals surface area contributed by atoms with E-state index in [4.69, 9.17) is 16.6 Å². The largest absolute Gasteiger partial charge is 0.440 e. The van der Waals surface area contributed by atoms with Gasteiger partial charge in [0, 0.05) is 24.6 Å². The molecule has 1 saturated heterocycles. The SMILES string of the molecule is Cc1ccc(-c2nc(=S)n(CN3CCC(c4nc5ccccc5o4)CC3)[nH]2)cc1. The van der Waals surface area contributed by atoms with Crippen LogP contribution in [0.15, 0.2) is 52.9 Å². The molecule has 1 fully saturated rings. The third-order valence-corrected chi connectivity index (χ3v) is 5.90. The Bertz CT molecular complexity index is 1150. The Morgan fingerprint density at radius 1 is 1.07 bits per heavy atom. The number of oxazole rings is 1. The van der Waals surface area contributed by atoms with E-state index in [1.54, 1.807) is 0 Å². The van der Waals surface area contributed by atoms with Crippen LogP contribution in [-0.2, 0) is 6.67 Å². The smallest absolute Gasteiger partial charge is 0.217 e. The van der Waals surface area contributed by atoms with Gasteiger partial charge in [0.1, 0.15) is 5.52 Å². The van der Waals surface area contributed by atoms with Crippen LogP contribution in [0.1, 0.15) is 30.2 Å². The first-order valence-corrected chi connectivity index (χ1v) is 10.4. The zero-order valence-corrected chi connectivity index (χ0v) is 17.2. The van der Waals surface area contributed by atoms with Gasteiger partial charge < -0.3 is 4.42 Å². The monoisotopic (exact) mass is 405 g/mol. The molecule has 7 heteroatoms. The van der Waals surface area contributed by atoms with Crippen molar-refractivity contribution < 1.29 is 4.42 Å². The van der Waals surface area contributed by atoms with Crippen LogP contribution in [0.5, 0.6) is 0 Å². The zero-order valence-electron chi connectivity index (χ0n) is 16.3. The van der Waals surface area contributed by atoms with Crippen molar-refractivity contribution in [1.82, 2.24) is 24.6 Å². The number of nitrogens with zero attached hydrogens (tertiary/aromatic N) is 4. The lowest BCUT2D eigenvalue weighted by Gasteiger charge is -2.30. The summed E-state index contributed by atoms with van der Waals surface area (Å²) in [6.45, 7) is 4.75. The van der Waals surface area contributed by atoms with Gasteiger partial charge in [0.25, 0.3) is 0 Å². The van der Waals surface area contributed by atoms with Gasteiger partial charge in [-0.3, -0.25) is 10.00 Å². The predicted octanol–water partition coefficient (Wildman–Crippen LogP) is 4.89. The average molecular weight is 406 g/mol. The molecule has 0 radical (unpaired) electrons. The number of aryl methyl sites for hydroxylation is 1. The number of H-pyrrole nitrogens is 1. The molecule has 2 aromatic carbocycles. The summed E-state index contributed by atoms with van der Waals surface area (Å²) in [6, 6.07) is 16.3. The molecule has 5 rings (SSSR count). The van der Waals surface area contributed by atoms with Crippen molar-refractivity contribution in [2.45, 2.75) is 32.4 Å². The summed E-state index contributed by atoms with van der Waals surface area (Å²) in [7, 11) is 0. The minimum Gasteiger partial charge on any atom is -0.440 e. The van der Waals surface area contributed by atoms with Crippen LogP contribution in [-0.4, -0.2) is 37.7 Å². The van der Waals surface area contributed by atoms with Crippen LogP contribution in [0.3, 0.4) is 0 Å². The van der Waals surface area contributed by atoms with Crippen LogP contribution < -0.4 is 0 Å². The van der Waals surface area contributed by atoms with E-state index in [-0.39, 0.29) is 0 Å². The molecule has 1 aliphatic rings. The van der Waals surface area contributed by atoms with E-state index in [2.05, 4.69) is 51.2 Å². The minimum absolute atomic E-state index is 0.372. The second-order valence-electron chi connectivity index (χ2n) is 7.70. The fourth-order valence-electron chi connectivity index (χ4n) is 3.88. The zero-order chi connectivity index (χ0) is 19.8. The molecular weight excluding hydrogens is 382 g/mol. The number of piperidine rings is 1. The van der Waals surface area contributed by atoms with E-state index in [1.165, 1.54) is 5.56 Å². The number of hydrogen-bond acceptors (Lipinski definition) is 5. The van der Waals surface area contributed by atoms with Gasteiger partial charge in [0.2, 0.25) is 4.77 Å². The Hall–Kier alpha value is -2.77. The van der Waals surface area contributed by atoms with Crippen molar-refractivity contribution in [3.05, 3.63) is 64.8 Å². The molecule has 0 saturated carbocycles. The maximum Gasteiger partial charge on any atom is 0.217 e. The third kappa shape index (κ3) is 3.75. The van der Waals surface area contributed by atoms with Gasteiger partial charge in [-0.25, -0.2) is 9.67 Å². The van der Waals surface area contributed by atoms with Gasteiger partial charge in [-0.15, -0.1) is 0 Å². The van der Waals surface area contributed by atoms with Crippen molar-refractivity contribution >= 4 is 23.3 Å². The molecule has 29 heavy (non-hydrogen) atoms. The van der Waals surface area contributed by atoms with Gasteiger partial charge in [0.05, 0.1) is 6.67 Å². The summed E-state index contributed by atoms with van der Waals surface area (Å²) in [5.41, 5.74) is 4.10. The molecule has 0 aliphatic carbocycles. The van der Waals surface area contributed by atoms with Gasteiger partial charge in [-0.05, 0) is 44.1 Å². The molecule has 1 N–H and O–H groups in total. The van der Waals surface area contributed by atoms with E-state index in [9.17, 15) is 0 Å². The number of hydrogen-bond donors (Lipinski definition) is 1. The van der Waals surface area contributed by atoms with Crippen LogP contribution in [0, 0.1) is 11.7 Å². The summed E-state index contributed by atoms with van der Waals surface area (Å²) in [5, 5.41) is 3.35. The van der Waals surface area contributed by atoms with Gasteiger partial charge >= 0.3 is 0 Å². The fraction of sp³-hybridized carbons (Fsp3) is 0.318. The first-order chi connectivity index (χ1) is 14.2. The molecule has 0 atom stereocenters. The Kier molecular flexibility index (Phi) is 4.77. The summed E-state index contributed by atoms with van der Waals surface area (Å²) in [6.07, 6.45) is 2.05. The Morgan fingerprint density at radius 2 is 1.83 bits per heavy atom. The second-order valence-corrected chi connectivity index (χ2v) is 8.07. The van der Waals surface area contributed by atoms with E-state index in [1.807, 2.05) is 28.9 Å². The van der Waals surface area contributed by atoms with Gasteiger partial charge in [-0.1, -0.05) is 42.0 Å². The van der Waals surface area contributed by atoms with Crippen LogP contribution >= 0.6 is 12.2 Å². The highest BCUT2D eigenvalue weighted by atomic mass is 32.1. The normalized spacial score (nSPS) is 15.9. The van der Waals surface area contributed by atoms with Gasteiger partial charge in [-0.2, -0.15) is 4.98 Å². The minimum atomic E-state index is 0.372. The molecule has 0 unspecified atom stereocenters. The Morgan fingerprint density at radius 3 is 2.59 bits per heavy atom. The average Bonchev–Trinajstić information content (AvgIpc) is 3.33. The maximum atomic E-state index is 5.97. The number of likely N-dealkylation sites (tertiary alicyclic amines) is 1. The van der Waals surface area contributed by atoms with Crippen molar-refractivity contribution in [2.75, 3.05) is 13.1 Å².